The van der Waals surface area contributed by atoms with Gasteiger partial charge in [-0.3, -0.25) is 14.4 Å². The fraction of sp³-hybridized carbons (Fsp3) is 0.0714. The Morgan fingerprint density at radius 2 is 1.85 bits per heavy atom. The number of aliphatic carboxylic acids is 1. The lowest BCUT2D eigenvalue weighted by atomic mass is 10.1. The zero-order valence-electron chi connectivity index (χ0n) is 10.4. The summed E-state index contributed by atoms with van der Waals surface area (Å²) in [6.07, 6.45) is 2.70. The second-order valence-corrected chi connectivity index (χ2v) is 4.14. The number of carbonyl (C=O) groups is 2. The van der Waals surface area contributed by atoms with Gasteiger partial charge >= 0.3 is 5.97 Å². The van der Waals surface area contributed by atoms with Crippen molar-refractivity contribution in [3.05, 3.63) is 64.1 Å². The first kappa shape index (κ1) is 13.5. The van der Waals surface area contributed by atoms with Gasteiger partial charge in [0.2, 0.25) is 0 Å². The molecule has 0 fully saturated rings. The number of nitrogens with one attached hydrogen (secondary N) is 2. The van der Waals surface area contributed by atoms with Crippen molar-refractivity contribution < 1.29 is 14.7 Å². The molecule has 0 saturated heterocycles. The van der Waals surface area contributed by atoms with Gasteiger partial charge in [0.05, 0.1) is 6.42 Å². The Labute approximate surface area is 114 Å². The predicted molar refractivity (Wildman–Crippen MR) is 72.8 cm³/mol. The third-order valence-corrected chi connectivity index (χ3v) is 2.64. The number of carboxylic acid groups (broad SMARTS) is 1. The van der Waals surface area contributed by atoms with Crippen LogP contribution in [-0.4, -0.2) is 22.0 Å². The van der Waals surface area contributed by atoms with Crippen LogP contribution in [0.1, 0.15) is 15.9 Å². The molecule has 0 saturated carbocycles. The average molecular weight is 272 g/mol. The van der Waals surface area contributed by atoms with E-state index >= 15 is 0 Å². The largest absolute Gasteiger partial charge is 0.481 e. The molecule has 2 aromatic rings. The van der Waals surface area contributed by atoms with E-state index in [1.807, 2.05) is 0 Å². The number of amides is 1. The number of hydrogen-bond donors (Lipinski definition) is 3. The Morgan fingerprint density at radius 3 is 2.45 bits per heavy atom. The van der Waals surface area contributed by atoms with Crippen LogP contribution >= 0.6 is 0 Å². The van der Waals surface area contributed by atoms with E-state index in [4.69, 9.17) is 5.11 Å². The molecule has 2 rings (SSSR count). The number of aromatic nitrogens is 1. The maximum absolute atomic E-state index is 11.9. The molecule has 0 aliphatic rings. The summed E-state index contributed by atoms with van der Waals surface area (Å²) < 4.78 is 0. The Morgan fingerprint density at radius 1 is 1.15 bits per heavy atom. The van der Waals surface area contributed by atoms with Crippen LogP contribution in [0.25, 0.3) is 0 Å². The van der Waals surface area contributed by atoms with Crippen LogP contribution in [0.2, 0.25) is 0 Å². The number of carboxylic acids is 1. The van der Waals surface area contributed by atoms with E-state index in [2.05, 4.69) is 10.3 Å². The van der Waals surface area contributed by atoms with Crippen LogP contribution < -0.4 is 10.7 Å². The zero-order valence-corrected chi connectivity index (χ0v) is 10.4. The third kappa shape index (κ3) is 3.32. The molecule has 0 aliphatic carbocycles. The Kier molecular flexibility index (Phi) is 3.95. The van der Waals surface area contributed by atoms with Gasteiger partial charge < -0.3 is 15.4 Å². The highest BCUT2D eigenvalue weighted by Crippen LogP contribution is 2.11. The summed E-state index contributed by atoms with van der Waals surface area (Å²) in [7, 11) is 0. The first-order chi connectivity index (χ1) is 9.56. The highest BCUT2D eigenvalue weighted by Gasteiger charge is 2.09. The molecule has 6 nitrogen and oxygen atoms in total. The van der Waals surface area contributed by atoms with Gasteiger partial charge in [0.25, 0.3) is 5.91 Å². The number of anilines is 1. The van der Waals surface area contributed by atoms with Crippen molar-refractivity contribution in [1.82, 2.24) is 4.98 Å². The summed E-state index contributed by atoms with van der Waals surface area (Å²) in [4.78, 5) is 36.6. The Bertz CT molecular complexity index is 689. The van der Waals surface area contributed by atoms with E-state index in [9.17, 15) is 14.4 Å². The van der Waals surface area contributed by atoms with E-state index in [0.717, 1.165) is 0 Å². The molecule has 1 heterocycles. The second kappa shape index (κ2) is 5.83. The van der Waals surface area contributed by atoms with Gasteiger partial charge in [0.1, 0.15) is 5.56 Å². The molecule has 1 aromatic carbocycles. The lowest BCUT2D eigenvalue weighted by Crippen LogP contribution is -2.20. The summed E-state index contributed by atoms with van der Waals surface area (Å²) in [5, 5.41) is 11.2. The highest BCUT2D eigenvalue weighted by molar-refractivity contribution is 6.03. The SMILES string of the molecule is O=C(O)Cc1ccc(NC(=O)c2c[nH]ccc2=O)cc1. The second-order valence-electron chi connectivity index (χ2n) is 4.14. The first-order valence-electron chi connectivity index (χ1n) is 5.85. The molecule has 0 spiro atoms. The number of aromatic amines is 1. The minimum absolute atomic E-state index is 0.0158. The average Bonchev–Trinajstić information content (AvgIpc) is 2.41. The molecular formula is C14H12N2O4. The van der Waals surface area contributed by atoms with E-state index in [-0.39, 0.29) is 17.4 Å². The van der Waals surface area contributed by atoms with Gasteiger partial charge in [-0.15, -0.1) is 0 Å². The summed E-state index contributed by atoms with van der Waals surface area (Å²) in [5.74, 6) is -1.43. The van der Waals surface area contributed by atoms with E-state index in [0.29, 0.717) is 11.3 Å². The summed E-state index contributed by atoms with van der Waals surface area (Å²) in [6.45, 7) is 0. The summed E-state index contributed by atoms with van der Waals surface area (Å²) >= 11 is 0. The van der Waals surface area contributed by atoms with E-state index in [1.165, 1.54) is 18.5 Å². The molecule has 1 aromatic heterocycles. The molecular weight excluding hydrogens is 260 g/mol. The molecule has 0 aliphatic heterocycles. The van der Waals surface area contributed by atoms with E-state index in [1.54, 1.807) is 24.3 Å². The van der Waals surface area contributed by atoms with Gasteiger partial charge in [-0.2, -0.15) is 0 Å². The van der Waals surface area contributed by atoms with Gasteiger partial charge in [-0.25, -0.2) is 0 Å². The number of H-pyrrole nitrogens is 1. The van der Waals surface area contributed by atoms with Crippen molar-refractivity contribution in [3.63, 3.8) is 0 Å². The van der Waals surface area contributed by atoms with Crippen molar-refractivity contribution in [2.75, 3.05) is 5.32 Å². The summed E-state index contributed by atoms with van der Waals surface area (Å²) in [5.41, 5.74) is 0.770. The number of carbonyl (C=O) groups excluding carboxylic acids is 1. The topological polar surface area (TPSA) is 99.3 Å². The smallest absolute Gasteiger partial charge is 0.307 e. The predicted octanol–water partition coefficient (Wildman–Crippen LogP) is 1.25. The van der Waals surface area contributed by atoms with Crippen molar-refractivity contribution in [2.45, 2.75) is 6.42 Å². The van der Waals surface area contributed by atoms with Crippen molar-refractivity contribution in [3.8, 4) is 0 Å². The van der Waals surface area contributed by atoms with E-state index < -0.39 is 11.9 Å². The molecule has 0 atom stereocenters. The van der Waals surface area contributed by atoms with Crippen molar-refractivity contribution >= 4 is 17.6 Å². The fourth-order valence-corrected chi connectivity index (χ4v) is 1.67. The number of pyridine rings is 1. The lowest BCUT2D eigenvalue weighted by Gasteiger charge is -2.05. The fourth-order valence-electron chi connectivity index (χ4n) is 1.67. The first-order valence-corrected chi connectivity index (χ1v) is 5.85. The van der Waals surface area contributed by atoms with Crippen LogP contribution in [0.3, 0.4) is 0 Å². The molecule has 0 radical (unpaired) electrons. The normalized spacial score (nSPS) is 10.0. The Hall–Kier alpha value is -2.89. The van der Waals surface area contributed by atoms with Crippen molar-refractivity contribution in [1.29, 1.82) is 0 Å². The number of rotatable bonds is 4. The maximum Gasteiger partial charge on any atom is 0.307 e. The summed E-state index contributed by atoms with van der Waals surface area (Å²) in [6, 6.07) is 7.67. The minimum Gasteiger partial charge on any atom is -0.481 e. The molecule has 102 valence electrons. The van der Waals surface area contributed by atoms with Gasteiger partial charge in [0, 0.05) is 24.1 Å². The number of benzene rings is 1. The highest BCUT2D eigenvalue weighted by atomic mass is 16.4. The van der Waals surface area contributed by atoms with Crippen LogP contribution in [0, 0.1) is 0 Å². The monoisotopic (exact) mass is 272 g/mol. The quantitative estimate of drug-likeness (QED) is 0.780. The molecule has 6 heteroatoms. The minimum atomic E-state index is -0.919. The van der Waals surface area contributed by atoms with Gasteiger partial charge in [0.15, 0.2) is 5.43 Å². The van der Waals surface area contributed by atoms with Crippen LogP contribution in [0.5, 0.6) is 0 Å². The van der Waals surface area contributed by atoms with Crippen LogP contribution in [0.15, 0.2) is 47.5 Å². The molecule has 3 N–H and O–H groups in total. The van der Waals surface area contributed by atoms with Crippen molar-refractivity contribution in [2.24, 2.45) is 0 Å². The maximum atomic E-state index is 11.9. The zero-order chi connectivity index (χ0) is 14.5. The Balaban J connectivity index is 2.11. The molecule has 0 bridgehead atoms. The third-order valence-electron chi connectivity index (χ3n) is 2.64. The van der Waals surface area contributed by atoms with Gasteiger partial charge in [-0.05, 0) is 17.7 Å². The number of hydrogen-bond acceptors (Lipinski definition) is 3. The standard InChI is InChI=1S/C14H12N2O4/c17-12-5-6-15-8-11(12)14(20)16-10-3-1-9(2-4-10)7-13(18)19/h1-6,8H,7H2,(H,15,17)(H,16,20)(H,18,19). The van der Waals surface area contributed by atoms with Crippen LogP contribution in [-0.2, 0) is 11.2 Å². The molecule has 20 heavy (non-hydrogen) atoms. The molecule has 1 amide bonds. The van der Waals surface area contributed by atoms with Crippen LogP contribution in [0.4, 0.5) is 5.69 Å². The lowest BCUT2D eigenvalue weighted by molar-refractivity contribution is -0.136. The molecule has 0 unspecified atom stereocenters. The van der Waals surface area contributed by atoms with Gasteiger partial charge in [-0.1, -0.05) is 12.1 Å².